The molecule has 0 heterocycles. The van der Waals surface area contributed by atoms with Gasteiger partial charge in [-0.1, -0.05) is 27.7 Å². The third kappa shape index (κ3) is 10.5. The predicted molar refractivity (Wildman–Crippen MR) is 75.4 cm³/mol. The molecule has 0 bridgehead atoms. The minimum atomic E-state index is -0.744. The van der Waals surface area contributed by atoms with Crippen LogP contribution in [0.15, 0.2) is 0 Å². The van der Waals surface area contributed by atoms with E-state index >= 15 is 0 Å². The van der Waals surface area contributed by atoms with E-state index in [0.29, 0.717) is 18.4 Å². The van der Waals surface area contributed by atoms with Crippen molar-refractivity contribution in [1.82, 2.24) is 10.6 Å². The second-order valence-corrected chi connectivity index (χ2v) is 6.23. The maximum Gasteiger partial charge on any atom is 0.233 e. The summed E-state index contributed by atoms with van der Waals surface area (Å²) in [6.45, 7) is 11.7. The number of aliphatic hydroxyl groups is 1. The Morgan fingerprint density at radius 3 is 2.33 bits per heavy atom. The second kappa shape index (κ2) is 8.48. The molecular weight excluding hydrogens is 228 g/mol. The molecule has 0 saturated heterocycles. The van der Waals surface area contributed by atoms with Crippen molar-refractivity contribution in [2.75, 3.05) is 19.6 Å². The third-order valence-electron chi connectivity index (χ3n) is 2.68. The molecular formula is C14H30N2O2. The molecule has 0 aromatic carbocycles. The van der Waals surface area contributed by atoms with Gasteiger partial charge in [0, 0.05) is 13.1 Å². The monoisotopic (exact) mass is 258 g/mol. The largest absolute Gasteiger partial charge is 0.389 e. The number of carbonyl (C=O) groups excluding carboxylic acids is 1. The molecule has 4 heteroatoms. The van der Waals surface area contributed by atoms with Gasteiger partial charge in [-0.2, -0.15) is 0 Å². The van der Waals surface area contributed by atoms with E-state index in [4.69, 9.17) is 0 Å². The quantitative estimate of drug-likeness (QED) is 0.588. The Balaban J connectivity index is 3.67. The summed E-state index contributed by atoms with van der Waals surface area (Å²) >= 11 is 0. The summed E-state index contributed by atoms with van der Waals surface area (Å²) in [5.41, 5.74) is -0.744. The highest BCUT2D eigenvalue weighted by molar-refractivity contribution is 5.77. The van der Waals surface area contributed by atoms with Crippen molar-refractivity contribution in [3.8, 4) is 0 Å². The molecule has 0 aliphatic heterocycles. The Kier molecular flexibility index (Phi) is 8.20. The molecule has 4 nitrogen and oxygen atoms in total. The second-order valence-electron chi connectivity index (χ2n) is 6.23. The van der Waals surface area contributed by atoms with Crippen molar-refractivity contribution in [3.63, 3.8) is 0 Å². The van der Waals surface area contributed by atoms with Crippen LogP contribution in [0.3, 0.4) is 0 Å². The zero-order valence-corrected chi connectivity index (χ0v) is 12.5. The molecule has 0 aliphatic carbocycles. The van der Waals surface area contributed by atoms with Crippen LogP contribution in [0.2, 0.25) is 0 Å². The Labute approximate surface area is 112 Å². The molecule has 0 aliphatic rings. The highest BCUT2D eigenvalue weighted by atomic mass is 16.3. The van der Waals surface area contributed by atoms with Crippen molar-refractivity contribution in [3.05, 3.63) is 0 Å². The van der Waals surface area contributed by atoms with Crippen molar-refractivity contribution in [2.45, 2.75) is 53.1 Å². The van der Waals surface area contributed by atoms with E-state index in [0.717, 1.165) is 19.4 Å². The molecule has 0 spiro atoms. The molecule has 108 valence electrons. The van der Waals surface area contributed by atoms with Crippen LogP contribution < -0.4 is 10.6 Å². The first-order valence-electron chi connectivity index (χ1n) is 6.92. The van der Waals surface area contributed by atoms with Crippen LogP contribution in [0.1, 0.15) is 47.5 Å². The van der Waals surface area contributed by atoms with Crippen LogP contribution in [0, 0.1) is 11.8 Å². The van der Waals surface area contributed by atoms with Crippen LogP contribution in [0.5, 0.6) is 0 Å². The summed E-state index contributed by atoms with van der Waals surface area (Å²) in [6.07, 6.45) is 1.73. The smallest absolute Gasteiger partial charge is 0.233 e. The van der Waals surface area contributed by atoms with Crippen molar-refractivity contribution < 1.29 is 9.90 Å². The van der Waals surface area contributed by atoms with Crippen molar-refractivity contribution in [2.24, 2.45) is 11.8 Å². The molecule has 0 fully saturated rings. The summed E-state index contributed by atoms with van der Waals surface area (Å²) in [4.78, 5) is 11.5. The van der Waals surface area contributed by atoms with Gasteiger partial charge in [-0.25, -0.2) is 0 Å². The lowest BCUT2D eigenvalue weighted by Crippen LogP contribution is -2.43. The number of amides is 1. The van der Waals surface area contributed by atoms with Gasteiger partial charge in [0.2, 0.25) is 5.91 Å². The van der Waals surface area contributed by atoms with Gasteiger partial charge in [-0.15, -0.1) is 0 Å². The zero-order valence-electron chi connectivity index (χ0n) is 12.5. The molecule has 1 amide bonds. The standard InChI is InChI=1S/C14H30N2O2/c1-11(2)6-7-16-13(17)9-15-10-14(5,18)8-12(3)4/h11-12,15,18H,6-10H2,1-5H3,(H,16,17). The highest BCUT2D eigenvalue weighted by Gasteiger charge is 2.21. The van der Waals surface area contributed by atoms with Gasteiger partial charge in [0.05, 0.1) is 12.1 Å². The summed E-state index contributed by atoms with van der Waals surface area (Å²) in [5, 5.41) is 15.9. The predicted octanol–water partition coefficient (Wildman–Crippen LogP) is 1.54. The van der Waals surface area contributed by atoms with E-state index in [1.807, 2.05) is 0 Å². The molecule has 1 atom stereocenters. The van der Waals surface area contributed by atoms with Gasteiger partial charge in [0.25, 0.3) is 0 Å². The molecule has 0 aromatic heterocycles. The first-order valence-corrected chi connectivity index (χ1v) is 6.92. The Morgan fingerprint density at radius 2 is 1.83 bits per heavy atom. The highest BCUT2D eigenvalue weighted by Crippen LogP contribution is 2.14. The Bertz CT molecular complexity index is 238. The minimum absolute atomic E-state index is 0.00371. The molecule has 0 aromatic rings. The summed E-state index contributed by atoms with van der Waals surface area (Å²) in [7, 11) is 0. The summed E-state index contributed by atoms with van der Waals surface area (Å²) in [6, 6.07) is 0. The summed E-state index contributed by atoms with van der Waals surface area (Å²) in [5.74, 6) is 1.04. The van der Waals surface area contributed by atoms with Gasteiger partial charge in [-0.3, -0.25) is 4.79 Å². The van der Waals surface area contributed by atoms with E-state index in [1.165, 1.54) is 0 Å². The number of rotatable bonds is 9. The SMILES string of the molecule is CC(C)CCNC(=O)CNCC(C)(O)CC(C)C. The minimum Gasteiger partial charge on any atom is -0.389 e. The van der Waals surface area contributed by atoms with Crippen molar-refractivity contribution >= 4 is 5.91 Å². The van der Waals surface area contributed by atoms with Gasteiger partial charge in [-0.05, 0) is 31.6 Å². The fourth-order valence-electron chi connectivity index (χ4n) is 1.96. The average molecular weight is 258 g/mol. The van der Waals surface area contributed by atoms with Crippen LogP contribution in [0.25, 0.3) is 0 Å². The Morgan fingerprint density at radius 1 is 1.22 bits per heavy atom. The summed E-state index contributed by atoms with van der Waals surface area (Å²) < 4.78 is 0. The lowest BCUT2D eigenvalue weighted by Gasteiger charge is -2.25. The van der Waals surface area contributed by atoms with Gasteiger partial charge in [0.1, 0.15) is 0 Å². The molecule has 0 rings (SSSR count). The van der Waals surface area contributed by atoms with Crippen LogP contribution in [-0.2, 0) is 4.79 Å². The fraction of sp³-hybridized carbons (Fsp3) is 0.929. The average Bonchev–Trinajstić information content (AvgIpc) is 2.14. The van der Waals surface area contributed by atoms with E-state index in [2.05, 4.69) is 38.3 Å². The third-order valence-corrected chi connectivity index (χ3v) is 2.68. The Hall–Kier alpha value is -0.610. The topological polar surface area (TPSA) is 61.4 Å². The zero-order chi connectivity index (χ0) is 14.2. The van der Waals surface area contributed by atoms with Crippen molar-refractivity contribution in [1.29, 1.82) is 0 Å². The number of carbonyl (C=O) groups is 1. The van der Waals surface area contributed by atoms with Gasteiger partial charge in [0.15, 0.2) is 0 Å². The maximum atomic E-state index is 11.5. The van der Waals surface area contributed by atoms with Gasteiger partial charge < -0.3 is 15.7 Å². The normalized spacial score (nSPS) is 14.9. The molecule has 0 saturated carbocycles. The van der Waals surface area contributed by atoms with E-state index in [-0.39, 0.29) is 12.5 Å². The van der Waals surface area contributed by atoms with E-state index in [9.17, 15) is 9.90 Å². The van der Waals surface area contributed by atoms with E-state index in [1.54, 1.807) is 6.92 Å². The molecule has 18 heavy (non-hydrogen) atoms. The molecule has 3 N–H and O–H groups in total. The lowest BCUT2D eigenvalue weighted by molar-refractivity contribution is -0.120. The number of hydrogen-bond acceptors (Lipinski definition) is 3. The molecule has 1 unspecified atom stereocenters. The maximum absolute atomic E-state index is 11.5. The first kappa shape index (κ1) is 17.4. The van der Waals surface area contributed by atoms with Crippen LogP contribution in [-0.4, -0.2) is 36.2 Å². The molecule has 0 radical (unpaired) electrons. The lowest BCUT2D eigenvalue weighted by atomic mass is 9.94. The van der Waals surface area contributed by atoms with Crippen LogP contribution in [0.4, 0.5) is 0 Å². The van der Waals surface area contributed by atoms with E-state index < -0.39 is 5.60 Å². The number of hydrogen-bond donors (Lipinski definition) is 3. The first-order chi connectivity index (χ1) is 8.23. The van der Waals surface area contributed by atoms with Crippen LogP contribution >= 0.6 is 0 Å². The fourth-order valence-corrected chi connectivity index (χ4v) is 1.96. The van der Waals surface area contributed by atoms with Gasteiger partial charge >= 0.3 is 0 Å². The number of nitrogens with one attached hydrogen (secondary N) is 2.